The molecule has 2 N–H and O–H groups in total. The highest BCUT2D eigenvalue weighted by Crippen LogP contribution is 2.17. The van der Waals surface area contributed by atoms with Gasteiger partial charge in [-0.1, -0.05) is 25.1 Å². The number of nitrogens with zero attached hydrogens (tertiary/aromatic N) is 1. The highest BCUT2D eigenvalue weighted by molar-refractivity contribution is 7.89. The van der Waals surface area contributed by atoms with Crippen LogP contribution in [0.15, 0.2) is 24.3 Å². The lowest BCUT2D eigenvalue weighted by Gasteiger charge is -2.22. The normalized spacial score (nSPS) is 11.6. The Morgan fingerprint density at radius 3 is 2.57 bits per heavy atom. The van der Waals surface area contributed by atoms with E-state index in [0.29, 0.717) is 18.7 Å². The van der Waals surface area contributed by atoms with Crippen molar-refractivity contribution in [3.05, 3.63) is 29.8 Å². The molecule has 0 heterocycles. The zero-order valence-electron chi connectivity index (χ0n) is 12.4. The molecule has 6 nitrogen and oxygen atoms in total. The molecule has 0 amide bonds. The van der Waals surface area contributed by atoms with Crippen molar-refractivity contribution < 1.29 is 17.9 Å². The standard InChI is InChI=1S/C14H22N2O4S/c1-3-9-16(11-12-6-4-5-7-13(12)15)21(18,19)10-8-14(17)20-2/h4-7H,3,8-11,15H2,1-2H3. The second-order valence-corrected chi connectivity index (χ2v) is 6.76. The average molecular weight is 314 g/mol. The molecule has 0 aliphatic rings. The van der Waals surface area contributed by atoms with Crippen LogP contribution in [0, 0.1) is 0 Å². The Hall–Kier alpha value is -1.60. The molecule has 118 valence electrons. The molecule has 0 atom stereocenters. The Bertz CT molecular complexity index is 572. The zero-order valence-corrected chi connectivity index (χ0v) is 13.2. The van der Waals surface area contributed by atoms with Gasteiger partial charge in [-0.15, -0.1) is 0 Å². The van der Waals surface area contributed by atoms with Crippen LogP contribution >= 0.6 is 0 Å². The van der Waals surface area contributed by atoms with E-state index < -0.39 is 16.0 Å². The summed E-state index contributed by atoms with van der Waals surface area (Å²) < 4.78 is 30.5. The minimum Gasteiger partial charge on any atom is -0.469 e. The number of carbonyl (C=O) groups is 1. The fourth-order valence-corrected chi connectivity index (χ4v) is 3.36. The van der Waals surface area contributed by atoms with Crippen molar-refractivity contribution in [3.63, 3.8) is 0 Å². The van der Waals surface area contributed by atoms with E-state index >= 15 is 0 Å². The molecular formula is C14H22N2O4S. The van der Waals surface area contributed by atoms with Crippen molar-refractivity contribution in [1.29, 1.82) is 0 Å². The monoisotopic (exact) mass is 314 g/mol. The quantitative estimate of drug-likeness (QED) is 0.578. The molecule has 7 heteroatoms. The van der Waals surface area contributed by atoms with E-state index in [9.17, 15) is 13.2 Å². The minimum atomic E-state index is -3.53. The lowest BCUT2D eigenvalue weighted by Crippen LogP contribution is -2.34. The van der Waals surface area contributed by atoms with Gasteiger partial charge >= 0.3 is 5.97 Å². The molecule has 0 saturated heterocycles. The third-order valence-corrected chi connectivity index (χ3v) is 4.88. The number of nitrogen functional groups attached to an aromatic ring is 1. The fraction of sp³-hybridized carbons (Fsp3) is 0.500. The van der Waals surface area contributed by atoms with Crippen molar-refractivity contribution in [1.82, 2.24) is 4.31 Å². The number of carbonyl (C=O) groups excluding carboxylic acids is 1. The number of hydrogen-bond donors (Lipinski definition) is 1. The van der Waals surface area contributed by atoms with Crippen LogP contribution in [0.2, 0.25) is 0 Å². The van der Waals surface area contributed by atoms with Gasteiger partial charge in [-0.25, -0.2) is 8.42 Å². The van der Waals surface area contributed by atoms with E-state index in [1.807, 2.05) is 13.0 Å². The molecule has 1 aromatic carbocycles. The van der Waals surface area contributed by atoms with Crippen molar-refractivity contribution in [2.45, 2.75) is 26.3 Å². The van der Waals surface area contributed by atoms with Gasteiger partial charge in [0.25, 0.3) is 0 Å². The highest BCUT2D eigenvalue weighted by Gasteiger charge is 2.23. The van der Waals surface area contributed by atoms with E-state index in [2.05, 4.69) is 4.74 Å². The van der Waals surface area contributed by atoms with Gasteiger partial charge in [0.15, 0.2) is 0 Å². The Balaban J connectivity index is 2.85. The second kappa shape index (κ2) is 7.99. The Kier molecular flexibility index (Phi) is 6.64. The van der Waals surface area contributed by atoms with Crippen LogP contribution in [0.25, 0.3) is 0 Å². The molecule has 0 bridgehead atoms. The van der Waals surface area contributed by atoms with Gasteiger partial charge in [-0.3, -0.25) is 4.79 Å². The Morgan fingerprint density at radius 1 is 1.33 bits per heavy atom. The van der Waals surface area contributed by atoms with Crippen LogP contribution in [-0.2, 0) is 26.1 Å². The maximum atomic E-state index is 12.3. The number of sulfonamides is 1. The number of anilines is 1. The molecule has 0 radical (unpaired) electrons. The lowest BCUT2D eigenvalue weighted by molar-refractivity contribution is -0.140. The van der Waals surface area contributed by atoms with Gasteiger partial charge in [0, 0.05) is 18.8 Å². The molecule has 0 aliphatic heterocycles. The van der Waals surface area contributed by atoms with Gasteiger partial charge in [-0.2, -0.15) is 4.31 Å². The van der Waals surface area contributed by atoms with Crippen LogP contribution in [0.3, 0.4) is 0 Å². The average Bonchev–Trinajstić information content (AvgIpc) is 2.46. The lowest BCUT2D eigenvalue weighted by atomic mass is 10.2. The summed E-state index contributed by atoms with van der Waals surface area (Å²) in [5, 5.41) is 0. The maximum Gasteiger partial charge on any atom is 0.306 e. The predicted octanol–water partition coefficient (Wildman–Crippen LogP) is 1.37. The Morgan fingerprint density at radius 2 is 2.00 bits per heavy atom. The van der Waals surface area contributed by atoms with Crippen LogP contribution in [-0.4, -0.2) is 38.1 Å². The minimum absolute atomic E-state index is 0.149. The molecule has 0 saturated carbocycles. The summed E-state index contributed by atoms with van der Waals surface area (Å²) in [5.74, 6) is -0.791. The van der Waals surface area contributed by atoms with Crippen LogP contribution in [0.4, 0.5) is 5.69 Å². The van der Waals surface area contributed by atoms with Gasteiger partial charge in [0.2, 0.25) is 10.0 Å². The van der Waals surface area contributed by atoms with Crippen molar-refractivity contribution in [3.8, 4) is 0 Å². The van der Waals surface area contributed by atoms with E-state index in [-0.39, 0.29) is 18.7 Å². The number of esters is 1. The number of para-hydroxylation sites is 1. The summed E-state index contributed by atoms with van der Waals surface area (Å²) >= 11 is 0. The summed E-state index contributed by atoms with van der Waals surface area (Å²) in [6, 6.07) is 7.15. The first-order valence-corrected chi connectivity index (χ1v) is 8.39. The summed E-state index contributed by atoms with van der Waals surface area (Å²) in [7, 11) is -2.29. The van der Waals surface area contributed by atoms with Crippen molar-refractivity contribution in [2.24, 2.45) is 0 Å². The molecule has 0 fully saturated rings. The first-order chi connectivity index (χ1) is 9.90. The number of nitrogens with two attached hydrogens (primary N) is 1. The summed E-state index contributed by atoms with van der Waals surface area (Å²) in [4.78, 5) is 11.1. The number of methoxy groups -OCH3 is 1. The topological polar surface area (TPSA) is 89.7 Å². The summed E-state index contributed by atoms with van der Waals surface area (Å²) in [6.07, 6.45) is 0.535. The van der Waals surface area contributed by atoms with Gasteiger partial charge in [-0.05, 0) is 18.1 Å². The number of hydrogen-bond acceptors (Lipinski definition) is 5. The van der Waals surface area contributed by atoms with Crippen LogP contribution in [0.1, 0.15) is 25.3 Å². The van der Waals surface area contributed by atoms with Crippen molar-refractivity contribution in [2.75, 3.05) is 25.1 Å². The maximum absolute atomic E-state index is 12.3. The molecule has 0 aromatic heterocycles. The molecular weight excluding hydrogens is 292 g/mol. The molecule has 0 unspecified atom stereocenters. The van der Waals surface area contributed by atoms with E-state index in [0.717, 1.165) is 5.56 Å². The van der Waals surface area contributed by atoms with Crippen molar-refractivity contribution >= 4 is 21.7 Å². The van der Waals surface area contributed by atoms with E-state index in [1.54, 1.807) is 18.2 Å². The predicted molar refractivity (Wildman–Crippen MR) is 82.0 cm³/mol. The molecule has 1 aromatic rings. The van der Waals surface area contributed by atoms with Gasteiger partial charge in [0.05, 0.1) is 19.3 Å². The first-order valence-electron chi connectivity index (χ1n) is 6.78. The molecule has 0 aliphatic carbocycles. The molecule has 0 spiro atoms. The Labute approximate surface area is 125 Å². The SMILES string of the molecule is CCCN(Cc1ccccc1N)S(=O)(=O)CCC(=O)OC. The second-order valence-electron chi connectivity index (χ2n) is 4.67. The third-order valence-electron chi connectivity index (χ3n) is 3.06. The highest BCUT2D eigenvalue weighted by atomic mass is 32.2. The largest absolute Gasteiger partial charge is 0.469 e. The number of rotatable bonds is 8. The van der Waals surface area contributed by atoms with E-state index in [4.69, 9.17) is 5.73 Å². The van der Waals surface area contributed by atoms with E-state index in [1.165, 1.54) is 11.4 Å². The summed E-state index contributed by atoms with van der Waals surface area (Å²) in [5.41, 5.74) is 7.17. The molecule has 1 rings (SSSR count). The number of ether oxygens (including phenoxy) is 1. The zero-order chi connectivity index (χ0) is 15.9. The summed E-state index contributed by atoms with van der Waals surface area (Å²) in [6.45, 7) is 2.50. The van der Waals surface area contributed by atoms with Crippen LogP contribution < -0.4 is 5.73 Å². The smallest absolute Gasteiger partial charge is 0.306 e. The van der Waals surface area contributed by atoms with Crippen LogP contribution in [0.5, 0.6) is 0 Å². The molecule has 21 heavy (non-hydrogen) atoms. The van der Waals surface area contributed by atoms with Gasteiger partial charge in [0.1, 0.15) is 0 Å². The van der Waals surface area contributed by atoms with Gasteiger partial charge < -0.3 is 10.5 Å². The third kappa shape index (κ3) is 5.35. The number of benzene rings is 1. The first kappa shape index (κ1) is 17.5. The fourth-order valence-electron chi connectivity index (χ4n) is 1.88.